The fraction of sp³-hybridized carbons (Fsp3) is 0.864. The van der Waals surface area contributed by atoms with Gasteiger partial charge in [-0.2, -0.15) is 0 Å². The van der Waals surface area contributed by atoms with Crippen LogP contribution in [0.25, 0.3) is 0 Å². The molecule has 0 amide bonds. The lowest BCUT2D eigenvalue weighted by Crippen LogP contribution is -2.24. The Bertz CT molecular complexity index is 447. The molecule has 0 saturated carbocycles. The fourth-order valence-electron chi connectivity index (χ4n) is 3.03. The minimum atomic E-state index is -2.18. The number of allylic oxidation sites excluding steroid dienone is 1. The molecule has 0 saturated heterocycles. The highest BCUT2D eigenvalue weighted by Crippen LogP contribution is 2.35. The van der Waals surface area contributed by atoms with Crippen LogP contribution in [0.15, 0.2) is 12.2 Å². The summed E-state index contributed by atoms with van der Waals surface area (Å²) in [6, 6.07) is 0. The molecule has 2 atom stereocenters. The lowest BCUT2D eigenvalue weighted by atomic mass is 10.0. The number of unbranched alkanes of at least 4 members (excludes halogenated alkanes) is 13. The van der Waals surface area contributed by atoms with E-state index in [1.807, 2.05) is 6.08 Å². The monoisotopic (exact) mass is 465 g/mol. The average Bonchev–Trinajstić information content (AvgIpc) is 2.76. The molecule has 30 heavy (non-hydrogen) atoms. The van der Waals surface area contributed by atoms with E-state index < -0.39 is 19.3 Å². The number of hydrogen-bond acceptors (Lipinski definition) is 7. The topological polar surface area (TPSA) is 82.1 Å². The standard InChI is InChI=1S/C22H41O6PS/c1-3-4-5-6-7-8-9-10-11-12-13-14-15-16-17-18-22(23)27-19-21(26-2)20-28-29(24)30-25/h17-18,21H,3-16,19-20H2,1-2H3/p+1/t21-/m0/s1. The third-order valence-corrected chi connectivity index (χ3v) is 6.12. The summed E-state index contributed by atoms with van der Waals surface area (Å²) in [5, 5.41) is 0. The summed E-state index contributed by atoms with van der Waals surface area (Å²) in [6.07, 6.45) is 20.9. The zero-order valence-corrected chi connectivity index (χ0v) is 20.6. The molecule has 0 aliphatic heterocycles. The molecule has 0 aromatic rings. The summed E-state index contributed by atoms with van der Waals surface area (Å²) in [5.74, 6) is -0.423. The number of esters is 1. The second kappa shape index (κ2) is 23.2. The molecular weight excluding hydrogens is 423 g/mol. The molecule has 176 valence electrons. The summed E-state index contributed by atoms with van der Waals surface area (Å²) in [5.41, 5.74) is 0. The van der Waals surface area contributed by atoms with Gasteiger partial charge in [-0.1, -0.05) is 90.0 Å². The zero-order valence-electron chi connectivity index (χ0n) is 18.9. The normalized spacial score (nSPS) is 13.0. The predicted molar refractivity (Wildman–Crippen MR) is 125 cm³/mol. The van der Waals surface area contributed by atoms with E-state index in [2.05, 4.69) is 6.92 Å². The summed E-state index contributed by atoms with van der Waals surface area (Å²) in [4.78, 5) is 11.7. The van der Waals surface area contributed by atoms with E-state index in [-0.39, 0.29) is 24.9 Å². The Morgan fingerprint density at radius 3 is 1.97 bits per heavy atom. The van der Waals surface area contributed by atoms with Crippen molar-refractivity contribution in [2.75, 3.05) is 20.3 Å². The van der Waals surface area contributed by atoms with E-state index in [4.69, 9.17) is 18.6 Å². The molecule has 6 nitrogen and oxygen atoms in total. The van der Waals surface area contributed by atoms with Gasteiger partial charge >= 0.3 is 24.9 Å². The largest absolute Gasteiger partial charge is 0.616 e. The van der Waals surface area contributed by atoms with Crippen LogP contribution in [0, 0.1) is 0 Å². The van der Waals surface area contributed by atoms with Crippen molar-refractivity contribution in [3.8, 4) is 0 Å². The number of carbonyl (C=O) groups is 1. The number of rotatable bonds is 22. The highest BCUT2D eigenvalue weighted by atomic mass is 32.7. The smallest absolute Gasteiger partial charge is 0.460 e. The van der Waals surface area contributed by atoms with Gasteiger partial charge in [-0.25, -0.2) is 4.79 Å². The molecule has 0 aromatic heterocycles. The van der Waals surface area contributed by atoms with Crippen molar-refractivity contribution in [1.82, 2.24) is 0 Å². The summed E-state index contributed by atoms with van der Waals surface area (Å²) < 4.78 is 34.6. The van der Waals surface area contributed by atoms with Gasteiger partial charge < -0.3 is 9.47 Å². The van der Waals surface area contributed by atoms with Crippen LogP contribution in [-0.2, 0) is 23.4 Å². The molecule has 0 aliphatic rings. The molecule has 0 heterocycles. The SMILES string of the molecule is CCCCCCCCCCCCCCCC=CC(=O)OC[C@@H](CO[P+](=O)SO)OC. The van der Waals surface area contributed by atoms with E-state index in [0.717, 1.165) is 12.8 Å². The van der Waals surface area contributed by atoms with Crippen LogP contribution >= 0.6 is 18.9 Å². The maximum absolute atomic E-state index is 11.7. The Balaban J connectivity index is 3.48. The Morgan fingerprint density at radius 2 is 1.47 bits per heavy atom. The first-order valence-corrected chi connectivity index (χ1v) is 14.0. The Labute approximate surface area is 188 Å². The van der Waals surface area contributed by atoms with Crippen molar-refractivity contribution < 1.29 is 27.9 Å². The van der Waals surface area contributed by atoms with E-state index in [1.165, 1.54) is 90.2 Å². The van der Waals surface area contributed by atoms with Gasteiger partial charge in [-0.05, 0) is 17.4 Å². The van der Waals surface area contributed by atoms with Gasteiger partial charge in [-0.3, -0.25) is 4.55 Å². The third-order valence-electron chi connectivity index (χ3n) is 4.91. The molecule has 0 rings (SSSR count). The quantitative estimate of drug-likeness (QED) is 0.0584. The lowest BCUT2D eigenvalue weighted by molar-refractivity contribution is -0.141. The van der Waals surface area contributed by atoms with Crippen LogP contribution in [0.4, 0.5) is 0 Å². The highest BCUT2D eigenvalue weighted by Gasteiger charge is 2.23. The highest BCUT2D eigenvalue weighted by molar-refractivity contribution is 8.47. The van der Waals surface area contributed by atoms with Crippen molar-refractivity contribution >= 4 is 24.9 Å². The molecule has 0 aromatic carbocycles. The zero-order chi connectivity index (χ0) is 22.3. The summed E-state index contributed by atoms with van der Waals surface area (Å²) >= 11 is 0.142. The molecule has 8 heteroatoms. The number of ether oxygens (including phenoxy) is 2. The predicted octanol–water partition coefficient (Wildman–Crippen LogP) is 7.46. The molecule has 0 radical (unpaired) electrons. The van der Waals surface area contributed by atoms with Crippen molar-refractivity contribution in [2.45, 2.75) is 103 Å². The van der Waals surface area contributed by atoms with Crippen molar-refractivity contribution in [3.63, 3.8) is 0 Å². The maximum atomic E-state index is 11.7. The molecule has 1 N–H and O–H groups in total. The van der Waals surface area contributed by atoms with Crippen LogP contribution < -0.4 is 0 Å². The van der Waals surface area contributed by atoms with Crippen LogP contribution in [0.5, 0.6) is 0 Å². The minimum absolute atomic E-state index is 0.0116. The Kier molecular flexibility index (Phi) is 22.9. The van der Waals surface area contributed by atoms with Gasteiger partial charge in [0.1, 0.15) is 19.3 Å². The first kappa shape index (κ1) is 29.5. The van der Waals surface area contributed by atoms with Crippen LogP contribution in [0.2, 0.25) is 0 Å². The lowest BCUT2D eigenvalue weighted by Gasteiger charge is -2.11. The van der Waals surface area contributed by atoms with Gasteiger partial charge in [0.15, 0.2) is 0 Å². The molecular formula is C22H42O6PS+. The second-order valence-electron chi connectivity index (χ2n) is 7.52. The molecule has 0 bridgehead atoms. The van der Waals surface area contributed by atoms with E-state index in [1.54, 1.807) is 0 Å². The van der Waals surface area contributed by atoms with Gasteiger partial charge in [-0.15, -0.1) is 4.52 Å². The van der Waals surface area contributed by atoms with Gasteiger partial charge in [0.25, 0.3) is 0 Å². The van der Waals surface area contributed by atoms with E-state index in [0.29, 0.717) is 0 Å². The Morgan fingerprint density at radius 1 is 0.933 bits per heavy atom. The van der Waals surface area contributed by atoms with Gasteiger partial charge in [0, 0.05) is 13.2 Å². The number of methoxy groups -OCH3 is 1. The number of carbonyl (C=O) groups excluding carboxylic acids is 1. The van der Waals surface area contributed by atoms with Crippen molar-refractivity contribution in [2.24, 2.45) is 0 Å². The summed E-state index contributed by atoms with van der Waals surface area (Å²) in [7, 11) is -0.731. The number of hydrogen-bond donors (Lipinski definition) is 1. The van der Waals surface area contributed by atoms with Crippen LogP contribution in [-0.4, -0.2) is 36.9 Å². The maximum Gasteiger partial charge on any atom is 0.616 e. The third kappa shape index (κ3) is 20.8. The molecule has 0 aliphatic carbocycles. The minimum Gasteiger partial charge on any atom is -0.460 e. The fourth-order valence-corrected chi connectivity index (χ4v) is 3.69. The molecule has 0 spiro atoms. The van der Waals surface area contributed by atoms with Crippen molar-refractivity contribution in [3.05, 3.63) is 12.2 Å². The summed E-state index contributed by atoms with van der Waals surface area (Å²) in [6.45, 7) is 2.25. The van der Waals surface area contributed by atoms with Crippen molar-refractivity contribution in [1.29, 1.82) is 0 Å². The van der Waals surface area contributed by atoms with Crippen LogP contribution in [0.3, 0.4) is 0 Å². The second-order valence-corrected chi connectivity index (χ2v) is 9.78. The van der Waals surface area contributed by atoms with Gasteiger partial charge in [0.05, 0.1) is 0 Å². The van der Waals surface area contributed by atoms with Crippen LogP contribution in [0.1, 0.15) is 96.8 Å². The van der Waals surface area contributed by atoms with E-state index in [9.17, 15) is 9.36 Å². The molecule has 0 fully saturated rings. The first-order chi connectivity index (χ1) is 14.6. The molecule has 1 unspecified atom stereocenters. The average molecular weight is 466 g/mol. The first-order valence-electron chi connectivity index (χ1n) is 11.4. The van der Waals surface area contributed by atoms with E-state index >= 15 is 0 Å². The Hall–Kier alpha value is -0.460. The van der Waals surface area contributed by atoms with Gasteiger partial charge in [0.2, 0.25) is 0 Å².